The minimum absolute atomic E-state index is 0.510. The van der Waals surface area contributed by atoms with Crippen LogP contribution in [0.25, 0.3) is 0 Å². The lowest BCUT2D eigenvalue weighted by atomic mass is 9.87. The highest BCUT2D eigenvalue weighted by molar-refractivity contribution is 5.32. The number of hydrogen-bond acceptors (Lipinski definition) is 3. The number of aromatic nitrogens is 2. The van der Waals surface area contributed by atoms with Gasteiger partial charge in [0.25, 0.3) is 0 Å². The Morgan fingerprint density at radius 2 is 2.23 bits per heavy atom. The molecular weight excluding hydrogens is 274 g/mol. The first-order valence-electron chi connectivity index (χ1n) is 8.05. The molecule has 1 heterocycles. The molecule has 0 spiro atoms. The van der Waals surface area contributed by atoms with E-state index in [0.29, 0.717) is 6.04 Å². The second-order valence-corrected chi connectivity index (χ2v) is 6.09. The Bertz CT molecular complexity index is 608. The number of aryl methyl sites for hydroxylation is 1. The van der Waals surface area contributed by atoms with Crippen molar-refractivity contribution in [1.29, 1.82) is 0 Å². The lowest BCUT2D eigenvalue weighted by Gasteiger charge is -2.33. The summed E-state index contributed by atoms with van der Waals surface area (Å²) < 4.78 is 7.36. The van der Waals surface area contributed by atoms with Gasteiger partial charge in [-0.15, -0.1) is 0 Å². The SMILES string of the molecule is COCCn1cncc1CN(C)[C@@H]1CCCc2ccccc21. The van der Waals surface area contributed by atoms with Crippen LogP contribution in [0, 0.1) is 0 Å². The predicted octanol–water partition coefficient (Wildman–Crippen LogP) is 3.04. The molecule has 4 heteroatoms. The van der Waals surface area contributed by atoms with Crippen molar-refractivity contribution in [2.75, 3.05) is 20.8 Å². The highest BCUT2D eigenvalue weighted by Gasteiger charge is 2.23. The van der Waals surface area contributed by atoms with E-state index in [1.807, 2.05) is 12.5 Å². The quantitative estimate of drug-likeness (QED) is 0.821. The fourth-order valence-corrected chi connectivity index (χ4v) is 3.42. The molecule has 4 nitrogen and oxygen atoms in total. The van der Waals surface area contributed by atoms with Gasteiger partial charge in [0.05, 0.1) is 18.6 Å². The summed E-state index contributed by atoms with van der Waals surface area (Å²) in [5, 5.41) is 0. The Labute approximate surface area is 132 Å². The van der Waals surface area contributed by atoms with Crippen molar-refractivity contribution in [3.05, 3.63) is 53.6 Å². The molecule has 0 aliphatic heterocycles. The van der Waals surface area contributed by atoms with Gasteiger partial charge in [0.2, 0.25) is 0 Å². The summed E-state index contributed by atoms with van der Waals surface area (Å²) in [5.74, 6) is 0. The van der Waals surface area contributed by atoms with Gasteiger partial charge in [-0.3, -0.25) is 4.90 Å². The number of ether oxygens (including phenoxy) is 1. The van der Waals surface area contributed by atoms with Crippen LogP contribution >= 0.6 is 0 Å². The molecule has 0 saturated carbocycles. The lowest BCUT2D eigenvalue weighted by Crippen LogP contribution is -2.28. The van der Waals surface area contributed by atoms with Gasteiger partial charge in [-0.05, 0) is 37.4 Å². The Morgan fingerprint density at radius 1 is 1.36 bits per heavy atom. The van der Waals surface area contributed by atoms with Crippen molar-refractivity contribution in [3.63, 3.8) is 0 Å². The van der Waals surface area contributed by atoms with Crippen LogP contribution in [-0.4, -0.2) is 35.2 Å². The molecule has 22 heavy (non-hydrogen) atoms. The molecule has 1 aliphatic carbocycles. The molecule has 0 N–H and O–H groups in total. The number of hydrogen-bond donors (Lipinski definition) is 0. The number of imidazole rings is 1. The average Bonchev–Trinajstić information content (AvgIpc) is 2.99. The maximum atomic E-state index is 5.18. The van der Waals surface area contributed by atoms with E-state index in [-0.39, 0.29) is 0 Å². The zero-order valence-electron chi connectivity index (χ0n) is 13.5. The van der Waals surface area contributed by atoms with Crippen molar-refractivity contribution < 1.29 is 4.74 Å². The number of benzene rings is 1. The molecule has 0 fully saturated rings. The maximum absolute atomic E-state index is 5.18. The largest absolute Gasteiger partial charge is 0.383 e. The van der Waals surface area contributed by atoms with Crippen molar-refractivity contribution in [1.82, 2.24) is 14.5 Å². The zero-order valence-corrected chi connectivity index (χ0v) is 13.5. The van der Waals surface area contributed by atoms with Crippen molar-refractivity contribution in [3.8, 4) is 0 Å². The van der Waals surface area contributed by atoms with Crippen LogP contribution in [0.1, 0.15) is 35.7 Å². The van der Waals surface area contributed by atoms with E-state index in [1.54, 1.807) is 7.11 Å². The summed E-state index contributed by atoms with van der Waals surface area (Å²) in [6, 6.07) is 9.39. The predicted molar refractivity (Wildman–Crippen MR) is 87.7 cm³/mol. The number of nitrogens with zero attached hydrogens (tertiary/aromatic N) is 3. The Hall–Kier alpha value is -1.65. The van der Waals surface area contributed by atoms with E-state index in [4.69, 9.17) is 4.74 Å². The Balaban J connectivity index is 1.73. The lowest BCUT2D eigenvalue weighted by molar-refractivity contribution is 0.180. The first kappa shape index (κ1) is 15.3. The van der Waals surface area contributed by atoms with Crippen LogP contribution in [0.2, 0.25) is 0 Å². The summed E-state index contributed by atoms with van der Waals surface area (Å²) >= 11 is 0. The molecule has 0 saturated heterocycles. The molecule has 3 rings (SSSR count). The van der Waals surface area contributed by atoms with E-state index in [0.717, 1.165) is 19.7 Å². The molecule has 1 aromatic heterocycles. The summed E-state index contributed by atoms with van der Waals surface area (Å²) in [6.45, 7) is 2.50. The van der Waals surface area contributed by atoms with Crippen molar-refractivity contribution >= 4 is 0 Å². The van der Waals surface area contributed by atoms with Crippen LogP contribution in [0.5, 0.6) is 0 Å². The molecule has 2 aromatic rings. The van der Waals surface area contributed by atoms with E-state index in [9.17, 15) is 0 Å². The number of fused-ring (bicyclic) bond motifs is 1. The van der Waals surface area contributed by atoms with Gasteiger partial charge in [0.15, 0.2) is 0 Å². The summed E-state index contributed by atoms with van der Waals surface area (Å²) in [4.78, 5) is 6.75. The minimum Gasteiger partial charge on any atom is -0.383 e. The van der Waals surface area contributed by atoms with Gasteiger partial charge in [0, 0.05) is 32.4 Å². The van der Waals surface area contributed by atoms with Gasteiger partial charge in [0.1, 0.15) is 0 Å². The van der Waals surface area contributed by atoms with Crippen molar-refractivity contribution in [2.24, 2.45) is 0 Å². The maximum Gasteiger partial charge on any atom is 0.0949 e. The molecule has 0 amide bonds. The van der Waals surface area contributed by atoms with Gasteiger partial charge < -0.3 is 9.30 Å². The van der Waals surface area contributed by atoms with E-state index in [2.05, 4.69) is 45.8 Å². The molecule has 0 bridgehead atoms. The molecular formula is C18H25N3O. The first-order chi connectivity index (χ1) is 10.8. The second kappa shape index (κ2) is 7.07. The third-order valence-electron chi connectivity index (χ3n) is 4.62. The monoisotopic (exact) mass is 299 g/mol. The Kier molecular flexibility index (Phi) is 4.90. The summed E-state index contributed by atoms with van der Waals surface area (Å²) in [5.41, 5.74) is 4.26. The smallest absolute Gasteiger partial charge is 0.0949 e. The summed E-state index contributed by atoms with van der Waals surface area (Å²) in [7, 11) is 3.96. The molecule has 0 unspecified atom stereocenters. The van der Waals surface area contributed by atoms with Crippen molar-refractivity contribution in [2.45, 2.75) is 38.4 Å². The third kappa shape index (κ3) is 3.23. The second-order valence-electron chi connectivity index (χ2n) is 6.09. The van der Waals surface area contributed by atoms with Crippen LogP contribution in [-0.2, 0) is 24.2 Å². The molecule has 118 valence electrons. The molecule has 1 aromatic carbocycles. The van der Waals surface area contributed by atoms with Crippen LogP contribution in [0.3, 0.4) is 0 Å². The highest BCUT2D eigenvalue weighted by Crippen LogP contribution is 2.34. The van der Waals surface area contributed by atoms with Crippen LogP contribution in [0.4, 0.5) is 0 Å². The van der Waals surface area contributed by atoms with Crippen LogP contribution < -0.4 is 0 Å². The van der Waals surface area contributed by atoms with Gasteiger partial charge in [-0.25, -0.2) is 4.98 Å². The first-order valence-corrected chi connectivity index (χ1v) is 8.05. The van der Waals surface area contributed by atoms with E-state index >= 15 is 0 Å². The third-order valence-corrected chi connectivity index (χ3v) is 4.62. The van der Waals surface area contributed by atoms with Gasteiger partial charge >= 0.3 is 0 Å². The van der Waals surface area contributed by atoms with Gasteiger partial charge in [-0.1, -0.05) is 24.3 Å². The minimum atomic E-state index is 0.510. The Morgan fingerprint density at radius 3 is 3.09 bits per heavy atom. The highest BCUT2D eigenvalue weighted by atomic mass is 16.5. The summed E-state index contributed by atoms with van der Waals surface area (Å²) in [6.07, 6.45) is 7.60. The topological polar surface area (TPSA) is 30.3 Å². The normalized spacial score (nSPS) is 17.7. The van der Waals surface area contributed by atoms with Crippen LogP contribution in [0.15, 0.2) is 36.8 Å². The molecule has 1 aliphatic rings. The fraction of sp³-hybridized carbons (Fsp3) is 0.500. The zero-order chi connectivity index (χ0) is 15.4. The molecule has 1 atom stereocenters. The number of methoxy groups -OCH3 is 1. The van der Waals surface area contributed by atoms with Gasteiger partial charge in [-0.2, -0.15) is 0 Å². The molecule has 0 radical (unpaired) electrons. The van der Waals surface area contributed by atoms with E-state index < -0.39 is 0 Å². The fourth-order valence-electron chi connectivity index (χ4n) is 3.42. The van der Waals surface area contributed by atoms with E-state index in [1.165, 1.54) is 36.1 Å². The average molecular weight is 299 g/mol. The number of rotatable bonds is 6. The standard InChI is InChI=1S/C18H25N3O/c1-20(13-16-12-19-14-21(16)10-11-22-2)18-9-5-7-15-6-3-4-8-17(15)18/h3-4,6,8,12,14,18H,5,7,9-11,13H2,1-2H3/t18-/m1/s1.